The van der Waals surface area contributed by atoms with Crippen LogP contribution in [-0.4, -0.2) is 34.1 Å². The molecule has 2 aromatic rings. The molecule has 0 radical (unpaired) electrons. The molecule has 2 rings (SSSR count). The van der Waals surface area contributed by atoms with Crippen molar-refractivity contribution in [1.82, 2.24) is 4.72 Å². The molecule has 0 bridgehead atoms. The smallest absolute Gasteiger partial charge is 0.255 e. The molecular formula is C19H21N3O4S. The van der Waals surface area contributed by atoms with Gasteiger partial charge < -0.3 is 10.1 Å². The first-order chi connectivity index (χ1) is 12.9. The maximum Gasteiger partial charge on any atom is 0.255 e. The fourth-order valence-electron chi connectivity index (χ4n) is 2.40. The number of hydrogen-bond donors (Lipinski definition) is 2. The lowest BCUT2D eigenvalue weighted by atomic mass is 10.1. The number of amides is 1. The SMILES string of the molecule is COC[C@H](C)NS(=O)(=O)c1ccc(C(=O)Nc2ccc(CC#N)cc2)cc1. The lowest BCUT2D eigenvalue weighted by molar-refractivity contribution is 0.102. The third-order valence-corrected chi connectivity index (χ3v) is 5.30. The van der Waals surface area contributed by atoms with Crippen molar-refractivity contribution in [1.29, 1.82) is 5.26 Å². The minimum atomic E-state index is -3.68. The van der Waals surface area contributed by atoms with Crippen molar-refractivity contribution in [3.05, 3.63) is 59.7 Å². The molecule has 8 heteroatoms. The maximum absolute atomic E-state index is 12.3. The van der Waals surface area contributed by atoms with Gasteiger partial charge in [0.2, 0.25) is 10.0 Å². The zero-order valence-corrected chi connectivity index (χ0v) is 15.9. The van der Waals surface area contributed by atoms with Crippen LogP contribution in [0.25, 0.3) is 0 Å². The Balaban J connectivity index is 2.05. The Bertz CT molecular complexity index is 917. The number of nitrogens with one attached hydrogen (secondary N) is 2. The number of hydrogen-bond acceptors (Lipinski definition) is 5. The van der Waals surface area contributed by atoms with E-state index >= 15 is 0 Å². The number of sulfonamides is 1. The molecule has 0 aliphatic heterocycles. The van der Waals surface area contributed by atoms with Crippen LogP contribution in [-0.2, 0) is 21.2 Å². The van der Waals surface area contributed by atoms with Crippen LogP contribution in [0.3, 0.4) is 0 Å². The normalized spacial score (nSPS) is 12.2. The molecule has 0 saturated heterocycles. The van der Waals surface area contributed by atoms with Crippen LogP contribution in [0, 0.1) is 11.3 Å². The van der Waals surface area contributed by atoms with E-state index in [1.807, 2.05) is 0 Å². The summed E-state index contributed by atoms with van der Waals surface area (Å²) in [6.07, 6.45) is 0.307. The standard InChI is InChI=1S/C19H21N3O4S/c1-14(13-26-2)22-27(24,25)18-9-5-16(6-10-18)19(23)21-17-7-3-15(4-8-17)11-12-20/h3-10,14,22H,11,13H2,1-2H3,(H,21,23)/t14-/m0/s1. The minimum Gasteiger partial charge on any atom is -0.383 e. The lowest BCUT2D eigenvalue weighted by Crippen LogP contribution is -2.35. The van der Waals surface area contributed by atoms with Crippen LogP contribution in [0.1, 0.15) is 22.8 Å². The molecule has 142 valence electrons. The summed E-state index contributed by atoms with van der Waals surface area (Å²) in [5.74, 6) is -0.354. The van der Waals surface area contributed by atoms with Gasteiger partial charge in [-0.05, 0) is 48.9 Å². The number of carbonyl (C=O) groups excluding carboxylic acids is 1. The quantitative estimate of drug-likeness (QED) is 0.723. The van der Waals surface area contributed by atoms with Gasteiger partial charge in [-0.15, -0.1) is 0 Å². The van der Waals surface area contributed by atoms with Gasteiger partial charge in [0, 0.05) is 24.4 Å². The monoisotopic (exact) mass is 387 g/mol. The molecule has 2 aromatic carbocycles. The Morgan fingerprint density at radius 1 is 1.15 bits per heavy atom. The molecule has 0 aliphatic rings. The highest BCUT2D eigenvalue weighted by molar-refractivity contribution is 7.89. The Hall–Kier alpha value is -2.73. The molecule has 1 amide bonds. The van der Waals surface area contributed by atoms with E-state index in [2.05, 4.69) is 16.1 Å². The molecule has 7 nitrogen and oxygen atoms in total. The van der Waals surface area contributed by atoms with Crippen LogP contribution < -0.4 is 10.0 Å². The van der Waals surface area contributed by atoms with Crippen molar-refractivity contribution in [2.45, 2.75) is 24.3 Å². The average molecular weight is 387 g/mol. The number of methoxy groups -OCH3 is 1. The summed E-state index contributed by atoms with van der Waals surface area (Å²) >= 11 is 0. The molecule has 2 N–H and O–H groups in total. The molecule has 0 aromatic heterocycles. The fraction of sp³-hybridized carbons (Fsp3) is 0.263. The van der Waals surface area contributed by atoms with Crippen LogP contribution in [0.5, 0.6) is 0 Å². The summed E-state index contributed by atoms with van der Waals surface area (Å²) in [7, 11) is -2.19. The van der Waals surface area contributed by atoms with Crippen LogP contribution in [0.4, 0.5) is 5.69 Å². The number of carbonyl (C=O) groups is 1. The van der Waals surface area contributed by atoms with E-state index in [4.69, 9.17) is 10.00 Å². The summed E-state index contributed by atoms with van der Waals surface area (Å²) < 4.78 is 32.0. The molecule has 0 aliphatic carbocycles. The molecule has 1 atom stereocenters. The number of benzene rings is 2. The highest BCUT2D eigenvalue weighted by Crippen LogP contribution is 2.14. The van der Waals surface area contributed by atoms with Gasteiger partial charge in [0.05, 0.1) is 24.0 Å². The second kappa shape index (κ2) is 9.28. The Morgan fingerprint density at radius 2 is 1.78 bits per heavy atom. The highest BCUT2D eigenvalue weighted by atomic mass is 32.2. The Morgan fingerprint density at radius 3 is 2.33 bits per heavy atom. The van der Waals surface area contributed by atoms with E-state index in [1.54, 1.807) is 31.2 Å². The number of ether oxygens (including phenoxy) is 1. The number of rotatable bonds is 8. The van der Waals surface area contributed by atoms with Crippen molar-refractivity contribution in [2.75, 3.05) is 19.0 Å². The molecular weight excluding hydrogens is 366 g/mol. The Labute approximate surface area is 159 Å². The van der Waals surface area contributed by atoms with Gasteiger partial charge in [0.1, 0.15) is 0 Å². The van der Waals surface area contributed by atoms with Gasteiger partial charge >= 0.3 is 0 Å². The fourth-order valence-corrected chi connectivity index (χ4v) is 3.63. The van der Waals surface area contributed by atoms with E-state index in [1.165, 1.54) is 31.4 Å². The summed E-state index contributed by atoms with van der Waals surface area (Å²) in [4.78, 5) is 12.4. The molecule has 27 heavy (non-hydrogen) atoms. The zero-order valence-electron chi connectivity index (χ0n) is 15.1. The zero-order chi connectivity index (χ0) is 19.9. The summed E-state index contributed by atoms with van der Waals surface area (Å²) in [6.45, 7) is 1.96. The molecule has 0 saturated carbocycles. The van der Waals surface area contributed by atoms with Gasteiger partial charge in [-0.1, -0.05) is 12.1 Å². The van der Waals surface area contributed by atoms with Crippen LogP contribution >= 0.6 is 0 Å². The first-order valence-electron chi connectivity index (χ1n) is 8.24. The molecule has 0 heterocycles. The number of nitriles is 1. The van der Waals surface area contributed by atoms with Crippen molar-refractivity contribution in [3.8, 4) is 6.07 Å². The van der Waals surface area contributed by atoms with Crippen molar-refractivity contribution < 1.29 is 17.9 Å². The number of anilines is 1. The number of nitrogens with zero attached hydrogens (tertiary/aromatic N) is 1. The Kier molecular flexibility index (Phi) is 7.07. The van der Waals surface area contributed by atoms with E-state index in [9.17, 15) is 13.2 Å². The van der Waals surface area contributed by atoms with E-state index in [-0.39, 0.29) is 23.5 Å². The van der Waals surface area contributed by atoms with E-state index in [0.717, 1.165) is 5.56 Å². The van der Waals surface area contributed by atoms with Gasteiger partial charge in [0.25, 0.3) is 5.91 Å². The van der Waals surface area contributed by atoms with Gasteiger partial charge in [-0.2, -0.15) is 5.26 Å². The molecule has 0 unspecified atom stereocenters. The van der Waals surface area contributed by atoms with Gasteiger partial charge in [0.15, 0.2) is 0 Å². The predicted molar refractivity (Wildman–Crippen MR) is 102 cm³/mol. The first-order valence-corrected chi connectivity index (χ1v) is 9.72. The van der Waals surface area contributed by atoms with Crippen LogP contribution in [0.15, 0.2) is 53.4 Å². The summed E-state index contributed by atoms with van der Waals surface area (Å²) in [6, 6.07) is 14.3. The van der Waals surface area contributed by atoms with Gasteiger partial charge in [-0.25, -0.2) is 13.1 Å². The largest absolute Gasteiger partial charge is 0.383 e. The topological polar surface area (TPSA) is 108 Å². The average Bonchev–Trinajstić information content (AvgIpc) is 2.63. The van der Waals surface area contributed by atoms with Crippen molar-refractivity contribution in [2.24, 2.45) is 0 Å². The predicted octanol–water partition coefficient (Wildman–Crippen LogP) is 2.32. The summed E-state index contributed by atoms with van der Waals surface area (Å²) in [5, 5.41) is 11.4. The third kappa shape index (κ3) is 5.89. The van der Waals surface area contributed by atoms with Crippen LogP contribution in [0.2, 0.25) is 0 Å². The summed E-state index contributed by atoms with van der Waals surface area (Å²) in [5.41, 5.74) is 1.79. The third-order valence-electron chi connectivity index (χ3n) is 3.69. The second-order valence-corrected chi connectivity index (χ2v) is 7.70. The highest BCUT2D eigenvalue weighted by Gasteiger charge is 2.18. The second-order valence-electron chi connectivity index (χ2n) is 5.99. The molecule has 0 spiro atoms. The van der Waals surface area contributed by atoms with Crippen molar-refractivity contribution in [3.63, 3.8) is 0 Å². The van der Waals surface area contributed by atoms with Gasteiger partial charge in [-0.3, -0.25) is 4.79 Å². The first kappa shape index (κ1) is 20.6. The van der Waals surface area contributed by atoms with E-state index in [0.29, 0.717) is 17.7 Å². The maximum atomic E-state index is 12.3. The van der Waals surface area contributed by atoms with Crippen molar-refractivity contribution >= 4 is 21.6 Å². The minimum absolute atomic E-state index is 0.0721. The lowest BCUT2D eigenvalue weighted by Gasteiger charge is -2.13. The van der Waals surface area contributed by atoms with E-state index < -0.39 is 10.0 Å². The molecule has 0 fully saturated rings.